The van der Waals surface area contributed by atoms with Gasteiger partial charge in [-0.2, -0.15) is 0 Å². The van der Waals surface area contributed by atoms with Crippen molar-refractivity contribution in [3.05, 3.63) is 58.9 Å². The number of hydrogen-bond acceptors (Lipinski definition) is 3. The van der Waals surface area contributed by atoms with Crippen molar-refractivity contribution < 1.29 is 4.39 Å². The molecule has 0 aliphatic heterocycles. The van der Waals surface area contributed by atoms with E-state index in [4.69, 9.17) is 11.6 Å². The molecule has 1 unspecified atom stereocenters. The van der Waals surface area contributed by atoms with Gasteiger partial charge in [0.1, 0.15) is 5.82 Å². The van der Waals surface area contributed by atoms with Gasteiger partial charge in [-0.05, 0) is 30.7 Å². The molecule has 0 bridgehead atoms. The van der Waals surface area contributed by atoms with Crippen LogP contribution in [0.5, 0.6) is 0 Å². The van der Waals surface area contributed by atoms with Crippen LogP contribution in [-0.2, 0) is 0 Å². The minimum atomic E-state index is -0.418. The Bertz CT molecular complexity index is 533. The first-order valence-corrected chi connectivity index (χ1v) is 6.54. The molecule has 0 fully saturated rings. The van der Waals surface area contributed by atoms with E-state index in [0.717, 1.165) is 24.2 Å². The van der Waals surface area contributed by atoms with Gasteiger partial charge in [0.05, 0.1) is 23.0 Å². The summed E-state index contributed by atoms with van der Waals surface area (Å²) >= 11 is 5.84. The molecule has 1 atom stereocenters. The molecule has 2 rings (SSSR count). The minimum absolute atomic E-state index is 0.115. The van der Waals surface area contributed by atoms with Gasteiger partial charge in [0, 0.05) is 12.4 Å². The molecule has 0 radical (unpaired) electrons. The van der Waals surface area contributed by atoms with Crippen LogP contribution in [0.25, 0.3) is 0 Å². The quantitative estimate of drug-likeness (QED) is 0.912. The van der Waals surface area contributed by atoms with Crippen LogP contribution in [0.2, 0.25) is 5.02 Å². The smallest absolute Gasteiger partial charge is 0.141 e. The molecule has 2 aromatic rings. The number of rotatable bonds is 5. The summed E-state index contributed by atoms with van der Waals surface area (Å²) in [4.78, 5) is 8.37. The van der Waals surface area contributed by atoms with Crippen LogP contribution in [0.1, 0.15) is 30.6 Å². The number of nitrogens with zero attached hydrogens (tertiary/aromatic N) is 2. The second-order valence-electron chi connectivity index (χ2n) is 4.19. The zero-order valence-corrected chi connectivity index (χ0v) is 11.4. The Hall–Kier alpha value is -1.52. The molecule has 3 nitrogen and oxygen atoms in total. The molecule has 1 aromatic heterocycles. The molecule has 0 saturated heterocycles. The molecule has 100 valence electrons. The summed E-state index contributed by atoms with van der Waals surface area (Å²) in [5.41, 5.74) is 1.67. The molecular formula is C14H15ClFN3. The molecule has 0 amide bonds. The van der Waals surface area contributed by atoms with Gasteiger partial charge in [-0.3, -0.25) is 9.97 Å². The van der Waals surface area contributed by atoms with Crippen LogP contribution in [0.3, 0.4) is 0 Å². The standard InChI is InChI=1S/C14H15ClFN3/c1-2-5-19-14(13-9-17-6-7-18-13)10-3-4-12(16)11(15)8-10/h3-4,6-9,14,19H,2,5H2,1H3. The monoisotopic (exact) mass is 279 g/mol. The van der Waals surface area contributed by atoms with E-state index in [1.54, 1.807) is 30.7 Å². The van der Waals surface area contributed by atoms with Gasteiger partial charge in [-0.25, -0.2) is 4.39 Å². The second kappa shape index (κ2) is 6.59. The van der Waals surface area contributed by atoms with Crippen LogP contribution in [-0.4, -0.2) is 16.5 Å². The van der Waals surface area contributed by atoms with Crippen LogP contribution < -0.4 is 5.32 Å². The fourth-order valence-electron chi connectivity index (χ4n) is 1.83. The largest absolute Gasteiger partial charge is 0.305 e. The lowest BCUT2D eigenvalue weighted by molar-refractivity contribution is 0.580. The summed E-state index contributed by atoms with van der Waals surface area (Å²) in [7, 11) is 0. The predicted octanol–water partition coefficient (Wildman–Crippen LogP) is 3.36. The van der Waals surface area contributed by atoms with E-state index >= 15 is 0 Å². The Morgan fingerprint density at radius 3 is 2.84 bits per heavy atom. The number of aromatic nitrogens is 2. The highest BCUT2D eigenvalue weighted by molar-refractivity contribution is 6.30. The van der Waals surface area contributed by atoms with Crippen LogP contribution in [0.15, 0.2) is 36.8 Å². The highest BCUT2D eigenvalue weighted by Gasteiger charge is 2.16. The van der Waals surface area contributed by atoms with Crippen molar-refractivity contribution in [3.63, 3.8) is 0 Å². The van der Waals surface area contributed by atoms with E-state index in [0.29, 0.717) is 0 Å². The number of halogens is 2. The predicted molar refractivity (Wildman–Crippen MR) is 73.6 cm³/mol. The topological polar surface area (TPSA) is 37.8 Å². The summed E-state index contributed by atoms with van der Waals surface area (Å²) in [5, 5.41) is 3.48. The minimum Gasteiger partial charge on any atom is -0.305 e. The third-order valence-electron chi connectivity index (χ3n) is 2.75. The van der Waals surface area contributed by atoms with Crippen LogP contribution >= 0.6 is 11.6 Å². The summed E-state index contributed by atoms with van der Waals surface area (Å²) in [6, 6.07) is 4.57. The summed E-state index contributed by atoms with van der Waals surface area (Å²) in [6.45, 7) is 2.91. The third-order valence-corrected chi connectivity index (χ3v) is 3.04. The van der Waals surface area contributed by atoms with Crippen LogP contribution in [0.4, 0.5) is 4.39 Å². The summed E-state index contributed by atoms with van der Waals surface area (Å²) in [5.74, 6) is -0.418. The second-order valence-corrected chi connectivity index (χ2v) is 4.60. The van der Waals surface area contributed by atoms with Crippen molar-refractivity contribution in [1.82, 2.24) is 15.3 Å². The fraction of sp³-hybridized carbons (Fsp3) is 0.286. The number of nitrogens with one attached hydrogen (secondary N) is 1. The van der Waals surface area contributed by atoms with E-state index < -0.39 is 5.82 Å². The first kappa shape index (κ1) is 13.9. The SMILES string of the molecule is CCCNC(c1ccc(F)c(Cl)c1)c1cnccn1. The normalized spacial score (nSPS) is 12.4. The molecule has 0 aliphatic carbocycles. The van der Waals surface area contributed by atoms with Gasteiger partial charge in [-0.15, -0.1) is 0 Å². The van der Waals surface area contributed by atoms with Crippen LogP contribution in [0, 0.1) is 5.82 Å². The van der Waals surface area contributed by atoms with E-state index in [-0.39, 0.29) is 11.1 Å². The Kier molecular flexibility index (Phi) is 4.82. The van der Waals surface area contributed by atoms with Crippen molar-refractivity contribution >= 4 is 11.6 Å². The van der Waals surface area contributed by atoms with Crippen molar-refractivity contribution in [1.29, 1.82) is 0 Å². The zero-order valence-electron chi connectivity index (χ0n) is 10.6. The number of benzene rings is 1. The Morgan fingerprint density at radius 1 is 1.37 bits per heavy atom. The maximum absolute atomic E-state index is 13.2. The Morgan fingerprint density at radius 2 is 2.21 bits per heavy atom. The van der Waals surface area contributed by atoms with Crippen molar-refractivity contribution in [2.24, 2.45) is 0 Å². The van der Waals surface area contributed by atoms with Crippen molar-refractivity contribution in [2.75, 3.05) is 6.54 Å². The highest BCUT2D eigenvalue weighted by atomic mass is 35.5. The first-order valence-electron chi connectivity index (χ1n) is 6.16. The van der Waals surface area contributed by atoms with Gasteiger partial charge < -0.3 is 5.32 Å². The van der Waals surface area contributed by atoms with E-state index in [2.05, 4.69) is 22.2 Å². The number of hydrogen-bond donors (Lipinski definition) is 1. The summed E-state index contributed by atoms with van der Waals surface area (Å²) < 4.78 is 13.2. The molecule has 0 spiro atoms. The molecule has 0 saturated carbocycles. The molecule has 19 heavy (non-hydrogen) atoms. The lowest BCUT2D eigenvalue weighted by Crippen LogP contribution is -2.24. The lowest BCUT2D eigenvalue weighted by Gasteiger charge is -2.18. The lowest BCUT2D eigenvalue weighted by atomic mass is 10.0. The molecule has 0 aliphatic rings. The van der Waals surface area contributed by atoms with E-state index in [9.17, 15) is 4.39 Å². The average Bonchev–Trinajstić information content (AvgIpc) is 2.44. The molecule has 1 heterocycles. The Balaban J connectivity index is 2.34. The Labute approximate surface area is 116 Å². The van der Waals surface area contributed by atoms with E-state index in [1.165, 1.54) is 6.07 Å². The molecule has 1 aromatic carbocycles. The van der Waals surface area contributed by atoms with Gasteiger partial charge in [0.25, 0.3) is 0 Å². The van der Waals surface area contributed by atoms with E-state index in [1.807, 2.05) is 0 Å². The molecular weight excluding hydrogens is 265 g/mol. The average molecular weight is 280 g/mol. The fourth-order valence-corrected chi connectivity index (χ4v) is 2.02. The first-order chi connectivity index (χ1) is 9.22. The van der Waals surface area contributed by atoms with Gasteiger partial charge >= 0.3 is 0 Å². The van der Waals surface area contributed by atoms with Crippen molar-refractivity contribution in [3.8, 4) is 0 Å². The highest BCUT2D eigenvalue weighted by Crippen LogP contribution is 2.24. The zero-order chi connectivity index (χ0) is 13.7. The van der Waals surface area contributed by atoms with Gasteiger partial charge in [-0.1, -0.05) is 24.6 Å². The summed E-state index contributed by atoms with van der Waals surface area (Å²) in [6.07, 6.45) is 5.95. The van der Waals surface area contributed by atoms with Gasteiger partial charge in [0.15, 0.2) is 0 Å². The maximum atomic E-state index is 13.2. The molecule has 5 heteroatoms. The third kappa shape index (κ3) is 3.49. The maximum Gasteiger partial charge on any atom is 0.141 e. The van der Waals surface area contributed by atoms with Gasteiger partial charge in [0.2, 0.25) is 0 Å². The molecule has 1 N–H and O–H groups in total. The van der Waals surface area contributed by atoms with Crippen molar-refractivity contribution in [2.45, 2.75) is 19.4 Å².